The van der Waals surface area contributed by atoms with Crippen LogP contribution in [0, 0.1) is 0 Å². The maximum Gasteiger partial charge on any atom is 0.421 e. The predicted molar refractivity (Wildman–Crippen MR) is 153 cm³/mol. The number of piperidine rings is 1. The fraction of sp³-hybridized carbons (Fsp3) is 0.607. The van der Waals surface area contributed by atoms with Crippen LogP contribution in [0.25, 0.3) is 0 Å². The molecule has 226 valence electrons. The molecule has 5 rings (SSSR count). The fourth-order valence-corrected chi connectivity index (χ4v) is 8.47. The lowest BCUT2D eigenvalue weighted by Crippen LogP contribution is -2.66. The van der Waals surface area contributed by atoms with Gasteiger partial charge in [0, 0.05) is 55.2 Å². The number of rotatable bonds is 6. The first kappa shape index (κ1) is 30.6. The monoisotopic (exact) mass is 615 g/mol. The minimum atomic E-state index is -4.84. The Labute approximate surface area is 244 Å². The van der Waals surface area contributed by atoms with E-state index in [1.807, 2.05) is 17.9 Å². The number of hydrogen-bond acceptors (Lipinski definition) is 8. The molecule has 5 atom stereocenters. The van der Waals surface area contributed by atoms with Crippen molar-refractivity contribution in [2.75, 3.05) is 44.3 Å². The molecule has 0 spiro atoms. The van der Waals surface area contributed by atoms with Gasteiger partial charge >= 0.3 is 6.18 Å². The number of hydrogen-bond donors (Lipinski definition) is 2. The molecule has 0 aromatic heterocycles. The van der Waals surface area contributed by atoms with Crippen molar-refractivity contribution >= 4 is 32.8 Å². The number of fused-ring (bicyclic) bond motifs is 2. The van der Waals surface area contributed by atoms with Crippen molar-refractivity contribution in [3.63, 3.8) is 0 Å². The Balaban J connectivity index is 1.44. The Bertz CT molecular complexity index is 1310. The zero-order valence-corrected chi connectivity index (χ0v) is 24.7. The highest BCUT2D eigenvalue weighted by Gasteiger charge is 2.51. The SMILES string of the molecule is CC1(O)C[C@H]2COC[C@@H](C1)N2C[C@H]1CN(S(=O)(=O)C2=CC=CCC2=S)CCN1c1ccc([C@](C)(O)C(F)(F)F)cc1. The number of alkyl halides is 3. The molecule has 8 nitrogen and oxygen atoms in total. The number of anilines is 1. The molecule has 1 unspecified atom stereocenters. The second-order valence-corrected chi connectivity index (χ2v) is 14.3. The van der Waals surface area contributed by atoms with Gasteiger partial charge in [-0.05, 0) is 50.5 Å². The molecule has 0 saturated carbocycles. The zero-order chi connectivity index (χ0) is 29.8. The third kappa shape index (κ3) is 5.99. The molecule has 0 amide bonds. The van der Waals surface area contributed by atoms with Gasteiger partial charge in [0.1, 0.15) is 0 Å². The minimum absolute atomic E-state index is 0.0469. The molecular weight excluding hydrogens is 579 g/mol. The van der Waals surface area contributed by atoms with Crippen molar-refractivity contribution < 1.29 is 36.5 Å². The molecule has 2 N–H and O–H groups in total. The van der Waals surface area contributed by atoms with Gasteiger partial charge in [-0.25, -0.2) is 8.42 Å². The molecule has 2 bridgehead atoms. The summed E-state index contributed by atoms with van der Waals surface area (Å²) in [5.74, 6) is 0. The Morgan fingerprint density at radius 3 is 2.34 bits per heavy atom. The summed E-state index contributed by atoms with van der Waals surface area (Å²) in [4.78, 5) is 4.80. The smallest absolute Gasteiger partial charge is 0.390 e. The predicted octanol–water partition coefficient (Wildman–Crippen LogP) is 3.10. The summed E-state index contributed by atoms with van der Waals surface area (Å²) in [6.07, 6.45) is 1.62. The number of aliphatic hydroxyl groups is 2. The van der Waals surface area contributed by atoms with Crippen LogP contribution in [-0.4, -0.2) is 102 Å². The van der Waals surface area contributed by atoms with E-state index in [2.05, 4.69) is 4.90 Å². The summed E-state index contributed by atoms with van der Waals surface area (Å²) >= 11 is 5.37. The Hall–Kier alpha value is -1.87. The average Bonchev–Trinajstić information content (AvgIpc) is 2.88. The summed E-state index contributed by atoms with van der Waals surface area (Å²) < 4.78 is 74.9. The zero-order valence-electron chi connectivity index (χ0n) is 23.0. The number of nitrogens with zero attached hydrogens (tertiary/aromatic N) is 3. The first-order valence-electron chi connectivity index (χ1n) is 13.7. The second kappa shape index (κ2) is 11.0. The summed E-state index contributed by atoms with van der Waals surface area (Å²) in [6.45, 7) is 4.57. The van der Waals surface area contributed by atoms with Crippen LogP contribution in [0.1, 0.15) is 38.7 Å². The molecule has 13 heteroatoms. The van der Waals surface area contributed by atoms with E-state index < -0.39 is 27.4 Å². The van der Waals surface area contributed by atoms with Crippen LogP contribution in [0.5, 0.6) is 0 Å². The van der Waals surface area contributed by atoms with E-state index in [0.29, 0.717) is 56.1 Å². The average molecular weight is 616 g/mol. The molecule has 3 fully saturated rings. The fourth-order valence-electron chi connectivity index (χ4n) is 6.40. The number of halogens is 3. The van der Waals surface area contributed by atoms with Crippen molar-refractivity contribution in [1.82, 2.24) is 9.21 Å². The van der Waals surface area contributed by atoms with Crippen molar-refractivity contribution in [2.45, 2.75) is 68.6 Å². The van der Waals surface area contributed by atoms with E-state index in [-0.39, 0.29) is 41.7 Å². The molecule has 3 aliphatic heterocycles. The molecule has 0 radical (unpaired) electrons. The van der Waals surface area contributed by atoms with Crippen molar-refractivity contribution in [3.05, 3.63) is 53.0 Å². The Morgan fingerprint density at radius 2 is 1.76 bits per heavy atom. The first-order chi connectivity index (χ1) is 19.1. The highest BCUT2D eigenvalue weighted by molar-refractivity contribution is 7.96. The summed E-state index contributed by atoms with van der Waals surface area (Å²) in [6, 6.07) is 5.18. The van der Waals surface area contributed by atoms with Crippen LogP contribution in [0.4, 0.5) is 18.9 Å². The van der Waals surface area contributed by atoms with E-state index in [1.54, 1.807) is 18.2 Å². The maximum absolute atomic E-state index is 13.7. The number of ether oxygens (including phenoxy) is 1. The first-order valence-corrected chi connectivity index (χ1v) is 15.6. The lowest BCUT2D eigenvalue weighted by molar-refractivity contribution is -0.258. The number of sulfonamides is 1. The van der Waals surface area contributed by atoms with Crippen LogP contribution in [0.3, 0.4) is 0 Å². The number of allylic oxidation sites excluding steroid dienone is 4. The molecule has 4 aliphatic rings. The highest BCUT2D eigenvalue weighted by Crippen LogP contribution is 2.40. The number of morpholine rings is 1. The molecular formula is C28H36F3N3O5S2. The van der Waals surface area contributed by atoms with E-state index in [0.717, 1.165) is 6.92 Å². The lowest BCUT2D eigenvalue weighted by atomic mass is 9.82. The van der Waals surface area contributed by atoms with E-state index in [1.165, 1.54) is 22.5 Å². The van der Waals surface area contributed by atoms with Gasteiger partial charge in [0.15, 0.2) is 5.60 Å². The normalized spacial score (nSPS) is 31.6. The van der Waals surface area contributed by atoms with Gasteiger partial charge in [0.05, 0.1) is 29.8 Å². The quantitative estimate of drug-likeness (QED) is 0.472. The van der Waals surface area contributed by atoms with Gasteiger partial charge in [0.25, 0.3) is 0 Å². The molecule has 3 heterocycles. The van der Waals surface area contributed by atoms with Crippen LogP contribution in [-0.2, 0) is 20.4 Å². The topological polar surface area (TPSA) is 93.6 Å². The number of thiocarbonyl (C=S) groups is 1. The van der Waals surface area contributed by atoms with Gasteiger partial charge in [-0.3, -0.25) is 4.90 Å². The molecule has 1 aromatic carbocycles. The third-order valence-corrected chi connectivity index (χ3v) is 11.1. The van der Waals surface area contributed by atoms with Crippen LogP contribution in [0.2, 0.25) is 0 Å². The summed E-state index contributed by atoms with van der Waals surface area (Å²) in [7, 11) is -3.86. The van der Waals surface area contributed by atoms with Crippen molar-refractivity contribution in [2.24, 2.45) is 0 Å². The lowest BCUT2D eigenvalue weighted by Gasteiger charge is -2.53. The second-order valence-electron chi connectivity index (χ2n) is 11.9. The standard InChI is InChI=1S/C28H36F3N3O5S2/c1-26(35)13-21-17-39-18-22(14-26)34(21)16-23-15-32(41(37,38)25-6-4-3-5-24(25)40)11-12-33(23)20-9-7-19(8-10-20)27(2,36)28(29,30)31/h3-4,6-10,21-23,35-36H,5,11-18H2,1-2H3/t21-,22+,23-,26?,27+/m1/s1. The van der Waals surface area contributed by atoms with E-state index >= 15 is 0 Å². The van der Waals surface area contributed by atoms with Gasteiger partial charge in [-0.1, -0.05) is 36.5 Å². The Morgan fingerprint density at radius 1 is 1.12 bits per heavy atom. The molecule has 1 aliphatic carbocycles. The van der Waals surface area contributed by atoms with Gasteiger partial charge in [0.2, 0.25) is 10.0 Å². The highest BCUT2D eigenvalue weighted by atomic mass is 32.2. The third-order valence-electron chi connectivity index (χ3n) is 8.67. The molecule has 1 aromatic rings. The van der Waals surface area contributed by atoms with Gasteiger partial charge in [-0.15, -0.1) is 0 Å². The van der Waals surface area contributed by atoms with E-state index in [9.17, 15) is 31.8 Å². The van der Waals surface area contributed by atoms with Crippen molar-refractivity contribution in [1.29, 1.82) is 0 Å². The van der Waals surface area contributed by atoms with Crippen LogP contribution < -0.4 is 4.90 Å². The summed E-state index contributed by atoms with van der Waals surface area (Å²) in [5.41, 5.74) is -3.46. The largest absolute Gasteiger partial charge is 0.421 e. The maximum atomic E-state index is 13.7. The van der Waals surface area contributed by atoms with Gasteiger partial charge in [-0.2, -0.15) is 17.5 Å². The number of benzene rings is 1. The van der Waals surface area contributed by atoms with Crippen molar-refractivity contribution in [3.8, 4) is 0 Å². The van der Waals surface area contributed by atoms with Crippen LogP contribution >= 0.6 is 12.2 Å². The molecule has 41 heavy (non-hydrogen) atoms. The van der Waals surface area contributed by atoms with E-state index in [4.69, 9.17) is 17.0 Å². The van der Waals surface area contributed by atoms with Crippen LogP contribution in [0.15, 0.2) is 47.4 Å². The number of piperazine rings is 1. The summed E-state index contributed by atoms with van der Waals surface area (Å²) in [5, 5.41) is 20.9. The molecule has 3 saturated heterocycles. The minimum Gasteiger partial charge on any atom is -0.390 e. The van der Waals surface area contributed by atoms with Gasteiger partial charge < -0.3 is 19.8 Å². The Kier molecular flexibility index (Phi) is 8.21.